The van der Waals surface area contributed by atoms with E-state index in [-0.39, 0.29) is 36.8 Å². The average Bonchev–Trinajstić information content (AvgIpc) is 2.82. The Balaban J connectivity index is 0.00000243. The summed E-state index contributed by atoms with van der Waals surface area (Å²) in [5.74, 6) is 0.539. The predicted molar refractivity (Wildman–Crippen MR) is 101 cm³/mol. The summed E-state index contributed by atoms with van der Waals surface area (Å²) in [6.45, 7) is 5.78. The normalized spacial score (nSPS) is 34.4. The molecule has 1 aliphatic carbocycles. The standard InChI is InChI=1S/C18H30N4O3.ClH/c1-3-13-4-7-18(8-5-13)16(24)22(17(25)21-18)11-15(23)20-14-10-19-9-6-12(14)2;/h12-14,19H,3-11H2,1-2H3,(H,20,23)(H,21,25);1H. The Labute approximate surface area is 161 Å². The van der Waals surface area contributed by atoms with Crippen LogP contribution in [0.5, 0.6) is 0 Å². The number of halogens is 1. The van der Waals surface area contributed by atoms with Crippen LogP contribution in [-0.2, 0) is 9.59 Å². The molecule has 26 heavy (non-hydrogen) atoms. The minimum absolute atomic E-state index is 0. The lowest BCUT2D eigenvalue weighted by atomic mass is 9.75. The van der Waals surface area contributed by atoms with Gasteiger partial charge in [0.25, 0.3) is 5.91 Å². The van der Waals surface area contributed by atoms with Crippen LogP contribution in [0.25, 0.3) is 0 Å². The molecule has 0 aromatic carbocycles. The number of carbonyl (C=O) groups is 3. The van der Waals surface area contributed by atoms with Crippen molar-refractivity contribution in [3.63, 3.8) is 0 Å². The molecule has 1 spiro atoms. The molecule has 2 saturated heterocycles. The second-order valence-corrected chi connectivity index (χ2v) is 7.90. The lowest BCUT2D eigenvalue weighted by Crippen LogP contribution is -2.53. The van der Waals surface area contributed by atoms with Gasteiger partial charge in [0.2, 0.25) is 5.91 Å². The number of hydrogen-bond donors (Lipinski definition) is 3. The maximum Gasteiger partial charge on any atom is 0.325 e. The third-order valence-corrected chi connectivity index (χ3v) is 6.26. The van der Waals surface area contributed by atoms with Gasteiger partial charge in [-0.2, -0.15) is 0 Å². The predicted octanol–water partition coefficient (Wildman–Crippen LogP) is 1.41. The van der Waals surface area contributed by atoms with Gasteiger partial charge in [0, 0.05) is 12.6 Å². The summed E-state index contributed by atoms with van der Waals surface area (Å²) >= 11 is 0. The molecule has 2 heterocycles. The number of urea groups is 1. The molecule has 8 heteroatoms. The number of nitrogens with zero attached hydrogens (tertiary/aromatic N) is 1. The first-order chi connectivity index (χ1) is 11.9. The van der Waals surface area contributed by atoms with Gasteiger partial charge in [-0.25, -0.2) is 4.79 Å². The molecule has 4 amide bonds. The quantitative estimate of drug-likeness (QED) is 0.637. The van der Waals surface area contributed by atoms with E-state index in [4.69, 9.17) is 0 Å². The molecule has 0 radical (unpaired) electrons. The zero-order valence-electron chi connectivity index (χ0n) is 15.7. The van der Waals surface area contributed by atoms with Crippen molar-refractivity contribution in [2.75, 3.05) is 19.6 Å². The van der Waals surface area contributed by atoms with Gasteiger partial charge in [0.15, 0.2) is 0 Å². The highest BCUT2D eigenvalue weighted by atomic mass is 35.5. The van der Waals surface area contributed by atoms with Crippen molar-refractivity contribution in [2.45, 2.75) is 64.0 Å². The molecule has 0 bridgehead atoms. The highest BCUT2D eigenvalue weighted by molar-refractivity contribution is 6.09. The van der Waals surface area contributed by atoms with Crippen LogP contribution < -0.4 is 16.0 Å². The summed E-state index contributed by atoms with van der Waals surface area (Å²) in [7, 11) is 0. The molecule has 2 aliphatic heterocycles. The minimum atomic E-state index is -0.775. The molecule has 0 aromatic rings. The van der Waals surface area contributed by atoms with Crippen LogP contribution in [0.2, 0.25) is 0 Å². The fourth-order valence-electron chi connectivity index (χ4n) is 4.32. The first-order valence-corrected chi connectivity index (χ1v) is 9.59. The Morgan fingerprint density at radius 2 is 1.96 bits per heavy atom. The third-order valence-electron chi connectivity index (χ3n) is 6.26. The van der Waals surface area contributed by atoms with Crippen LogP contribution >= 0.6 is 12.4 Å². The minimum Gasteiger partial charge on any atom is -0.350 e. The van der Waals surface area contributed by atoms with Gasteiger partial charge in [-0.3, -0.25) is 14.5 Å². The SMILES string of the molecule is CCC1CCC2(CC1)NC(=O)N(CC(=O)NC1CNCCC1C)C2=O.Cl. The summed E-state index contributed by atoms with van der Waals surface area (Å²) in [6.07, 6.45) is 5.38. The molecule has 3 aliphatic rings. The van der Waals surface area contributed by atoms with Crippen molar-refractivity contribution in [1.82, 2.24) is 20.9 Å². The summed E-state index contributed by atoms with van der Waals surface area (Å²) in [5.41, 5.74) is -0.775. The zero-order valence-corrected chi connectivity index (χ0v) is 16.5. The molecule has 0 aromatic heterocycles. The topological polar surface area (TPSA) is 90.5 Å². The van der Waals surface area contributed by atoms with Crippen molar-refractivity contribution in [1.29, 1.82) is 0 Å². The van der Waals surface area contributed by atoms with Crippen LogP contribution in [0.3, 0.4) is 0 Å². The molecular weight excluding hydrogens is 356 g/mol. The lowest BCUT2D eigenvalue weighted by molar-refractivity contribution is -0.136. The van der Waals surface area contributed by atoms with E-state index < -0.39 is 11.6 Å². The first-order valence-electron chi connectivity index (χ1n) is 9.59. The molecule has 7 nitrogen and oxygen atoms in total. The smallest absolute Gasteiger partial charge is 0.325 e. The van der Waals surface area contributed by atoms with Crippen molar-refractivity contribution >= 4 is 30.3 Å². The third kappa shape index (κ3) is 4.14. The Kier molecular flexibility index (Phi) is 6.91. The fraction of sp³-hybridized carbons (Fsp3) is 0.833. The summed E-state index contributed by atoms with van der Waals surface area (Å²) in [6, 6.07) is -0.374. The zero-order chi connectivity index (χ0) is 18.0. The van der Waals surface area contributed by atoms with Gasteiger partial charge in [-0.05, 0) is 50.5 Å². The molecule has 3 N–H and O–H groups in total. The Morgan fingerprint density at radius 3 is 2.58 bits per heavy atom. The van der Waals surface area contributed by atoms with E-state index in [1.54, 1.807) is 0 Å². The molecule has 148 valence electrons. The number of rotatable bonds is 4. The van der Waals surface area contributed by atoms with E-state index in [9.17, 15) is 14.4 Å². The second kappa shape index (κ2) is 8.57. The lowest BCUT2D eigenvalue weighted by Gasteiger charge is -2.34. The summed E-state index contributed by atoms with van der Waals surface area (Å²) in [5, 5.41) is 9.11. The molecule has 1 saturated carbocycles. The van der Waals surface area contributed by atoms with Gasteiger partial charge >= 0.3 is 6.03 Å². The van der Waals surface area contributed by atoms with Gasteiger partial charge in [-0.1, -0.05) is 20.3 Å². The largest absolute Gasteiger partial charge is 0.350 e. The first kappa shape index (κ1) is 21.0. The fourth-order valence-corrected chi connectivity index (χ4v) is 4.32. The van der Waals surface area contributed by atoms with E-state index in [0.29, 0.717) is 24.7 Å². The monoisotopic (exact) mass is 386 g/mol. The highest BCUT2D eigenvalue weighted by Crippen LogP contribution is 2.37. The molecule has 3 rings (SSSR count). The number of amides is 4. The average molecular weight is 387 g/mol. The van der Waals surface area contributed by atoms with Crippen molar-refractivity contribution < 1.29 is 14.4 Å². The number of piperidine rings is 1. The summed E-state index contributed by atoms with van der Waals surface area (Å²) in [4.78, 5) is 38.6. The van der Waals surface area contributed by atoms with Crippen molar-refractivity contribution in [3.05, 3.63) is 0 Å². The molecular formula is C18H31ClN4O3. The number of carbonyl (C=O) groups excluding carboxylic acids is 3. The van der Waals surface area contributed by atoms with E-state index in [1.807, 2.05) is 0 Å². The van der Waals surface area contributed by atoms with Gasteiger partial charge < -0.3 is 16.0 Å². The maximum atomic E-state index is 12.8. The van der Waals surface area contributed by atoms with Crippen molar-refractivity contribution in [2.24, 2.45) is 11.8 Å². The van der Waals surface area contributed by atoms with Gasteiger partial charge in [-0.15, -0.1) is 12.4 Å². The van der Waals surface area contributed by atoms with Crippen LogP contribution in [0, 0.1) is 11.8 Å². The summed E-state index contributed by atoms with van der Waals surface area (Å²) < 4.78 is 0. The van der Waals surface area contributed by atoms with E-state index in [2.05, 4.69) is 29.8 Å². The number of hydrogen-bond acceptors (Lipinski definition) is 4. The van der Waals surface area contributed by atoms with Crippen LogP contribution in [0.1, 0.15) is 52.4 Å². The van der Waals surface area contributed by atoms with E-state index in [1.165, 1.54) is 0 Å². The van der Waals surface area contributed by atoms with Crippen LogP contribution in [0.4, 0.5) is 4.79 Å². The van der Waals surface area contributed by atoms with Crippen molar-refractivity contribution in [3.8, 4) is 0 Å². The van der Waals surface area contributed by atoms with Gasteiger partial charge in [0.05, 0.1) is 0 Å². The Morgan fingerprint density at radius 1 is 1.27 bits per heavy atom. The molecule has 3 fully saturated rings. The van der Waals surface area contributed by atoms with Gasteiger partial charge in [0.1, 0.15) is 12.1 Å². The second-order valence-electron chi connectivity index (χ2n) is 7.90. The molecule has 2 unspecified atom stereocenters. The maximum absolute atomic E-state index is 12.8. The van der Waals surface area contributed by atoms with Crippen LogP contribution in [-0.4, -0.2) is 54.0 Å². The number of nitrogens with one attached hydrogen (secondary N) is 3. The molecule has 2 atom stereocenters. The van der Waals surface area contributed by atoms with E-state index >= 15 is 0 Å². The number of imide groups is 1. The Bertz CT molecular complexity index is 549. The van der Waals surface area contributed by atoms with E-state index in [0.717, 1.165) is 43.7 Å². The highest BCUT2D eigenvalue weighted by Gasteiger charge is 2.52. The van der Waals surface area contributed by atoms with Crippen LogP contribution in [0.15, 0.2) is 0 Å². The Hall–Kier alpha value is -1.34.